The minimum Gasteiger partial charge on any atom is -0.361 e. The van der Waals surface area contributed by atoms with Gasteiger partial charge in [0.1, 0.15) is 0 Å². The fraction of sp³-hybridized carbons (Fsp3) is 0.312. The maximum atomic E-state index is 12.1. The third-order valence-electron chi connectivity index (χ3n) is 3.58. The van der Waals surface area contributed by atoms with Gasteiger partial charge in [-0.3, -0.25) is 14.6 Å². The molecule has 2 aromatic rings. The van der Waals surface area contributed by atoms with E-state index >= 15 is 0 Å². The Balaban J connectivity index is 2.15. The zero-order valence-corrected chi connectivity index (χ0v) is 12.7. The van der Waals surface area contributed by atoms with Crippen LogP contribution in [0.3, 0.4) is 0 Å². The van der Waals surface area contributed by atoms with Gasteiger partial charge in [-0.05, 0) is 38.1 Å². The summed E-state index contributed by atoms with van der Waals surface area (Å²) in [7, 11) is 0. The number of carbonyl (C=O) groups is 2. The van der Waals surface area contributed by atoms with Gasteiger partial charge in [0, 0.05) is 36.2 Å². The second-order valence-electron chi connectivity index (χ2n) is 5.21. The summed E-state index contributed by atoms with van der Waals surface area (Å²) in [6.45, 7) is 4.17. The Morgan fingerprint density at radius 1 is 1.32 bits per heavy atom. The van der Waals surface area contributed by atoms with Gasteiger partial charge in [-0.25, -0.2) is 0 Å². The first kappa shape index (κ1) is 15.8. The van der Waals surface area contributed by atoms with Crippen molar-refractivity contribution in [3.63, 3.8) is 0 Å². The summed E-state index contributed by atoms with van der Waals surface area (Å²) in [6, 6.07) is 9.17. The van der Waals surface area contributed by atoms with E-state index in [1.54, 1.807) is 6.20 Å². The second kappa shape index (κ2) is 6.89. The molecule has 0 aliphatic carbocycles. The smallest absolute Gasteiger partial charge is 0.312 e. The predicted octanol–water partition coefficient (Wildman–Crippen LogP) is 1.34. The topological polar surface area (TPSA) is 92.1 Å². The fourth-order valence-electron chi connectivity index (χ4n) is 2.33. The van der Waals surface area contributed by atoms with Gasteiger partial charge in [-0.2, -0.15) is 0 Å². The Bertz CT molecular complexity index is 651. The van der Waals surface area contributed by atoms with Crippen molar-refractivity contribution >= 4 is 11.8 Å². The lowest BCUT2D eigenvalue weighted by molar-refractivity contribution is -0.145. The summed E-state index contributed by atoms with van der Waals surface area (Å²) in [5.41, 5.74) is 7.90. The molecular weight excluding hydrogens is 280 g/mol. The molecule has 0 aromatic carbocycles. The number of rotatable bonds is 5. The van der Waals surface area contributed by atoms with Crippen LogP contribution in [0.15, 0.2) is 36.5 Å². The largest absolute Gasteiger partial charge is 0.361 e. The molecule has 0 radical (unpaired) electrons. The van der Waals surface area contributed by atoms with Crippen LogP contribution < -0.4 is 5.73 Å². The number of hydrogen-bond donors (Lipinski definition) is 2. The van der Waals surface area contributed by atoms with E-state index in [0.29, 0.717) is 13.0 Å². The Morgan fingerprint density at radius 2 is 2.09 bits per heavy atom. The average molecular weight is 300 g/mol. The molecule has 0 spiro atoms. The van der Waals surface area contributed by atoms with Crippen LogP contribution in [0, 0.1) is 6.92 Å². The monoisotopic (exact) mass is 300 g/mol. The normalized spacial score (nSPS) is 11.9. The minimum atomic E-state index is -0.948. The average Bonchev–Trinajstić information content (AvgIpc) is 2.94. The van der Waals surface area contributed by atoms with Crippen LogP contribution in [0.25, 0.3) is 0 Å². The van der Waals surface area contributed by atoms with Gasteiger partial charge in [0.25, 0.3) is 0 Å². The molecule has 1 atom stereocenters. The van der Waals surface area contributed by atoms with Crippen molar-refractivity contribution in [1.82, 2.24) is 14.9 Å². The number of H-pyrrole nitrogens is 1. The zero-order valence-electron chi connectivity index (χ0n) is 12.7. The SMILES string of the molecule is Cc1ccc(C(C)N(CCc2ccccn2)C(=O)C(N)=O)[nH]1. The van der Waals surface area contributed by atoms with Crippen LogP contribution in [-0.2, 0) is 16.0 Å². The van der Waals surface area contributed by atoms with Crippen LogP contribution >= 0.6 is 0 Å². The predicted molar refractivity (Wildman–Crippen MR) is 82.8 cm³/mol. The molecule has 0 saturated heterocycles. The van der Waals surface area contributed by atoms with Crippen molar-refractivity contribution in [2.75, 3.05) is 6.54 Å². The lowest BCUT2D eigenvalue weighted by Gasteiger charge is -2.27. The van der Waals surface area contributed by atoms with E-state index < -0.39 is 11.8 Å². The highest BCUT2D eigenvalue weighted by molar-refractivity contribution is 6.34. The van der Waals surface area contributed by atoms with Crippen LogP contribution in [0.5, 0.6) is 0 Å². The van der Waals surface area contributed by atoms with E-state index in [4.69, 9.17) is 5.73 Å². The maximum absolute atomic E-state index is 12.1. The number of aryl methyl sites for hydroxylation is 1. The highest BCUT2D eigenvalue weighted by Gasteiger charge is 2.25. The first-order chi connectivity index (χ1) is 10.5. The molecule has 2 aromatic heterocycles. The molecule has 1 unspecified atom stereocenters. The molecule has 0 aliphatic heterocycles. The lowest BCUT2D eigenvalue weighted by atomic mass is 10.1. The standard InChI is InChI=1S/C16H20N4O2/c1-11-6-7-14(19-11)12(2)20(16(22)15(17)21)10-8-13-5-3-4-9-18-13/h3-7,9,12,19H,8,10H2,1-2H3,(H2,17,21). The first-order valence-corrected chi connectivity index (χ1v) is 7.15. The third kappa shape index (κ3) is 3.72. The van der Waals surface area contributed by atoms with Gasteiger partial charge in [0.2, 0.25) is 0 Å². The van der Waals surface area contributed by atoms with E-state index in [-0.39, 0.29) is 6.04 Å². The summed E-state index contributed by atoms with van der Waals surface area (Å²) in [6.07, 6.45) is 2.26. The number of amides is 2. The van der Waals surface area contributed by atoms with Crippen molar-refractivity contribution < 1.29 is 9.59 Å². The van der Waals surface area contributed by atoms with E-state index in [0.717, 1.165) is 17.1 Å². The molecule has 6 nitrogen and oxygen atoms in total. The van der Waals surface area contributed by atoms with Gasteiger partial charge in [0.15, 0.2) is 0 Å². The maximum Gasteiger partial charge on any atom is 0.312 e. The van der Waals surface area contributed by atoms with Crippen LogP contribution in [0.4, 0.5) is 0 Å². The molecule has 22 heavy (non-hydrogen) atoms. The third-order valence-corrected chi connectivity index (χ3v) is 3.58. The molecule has 0 bridgehead atoms. The molecule has 3 N–H and O–H groups in total. The Labute approximate surface area is 129 Å². The summed E-state index contributed by atoms with van der Waals surface area (Å²) in [5.74, 6) is -1.63. The quantitative estimate of drug-likeness (QED) is 0.816. The Kier molecular flexibility index (Phi) is 4.93. The molecule has 0 saturated carbocycles. The van der Waals surface area contributed by atoms with E-state index in [9.17, 15) is 9.59 Å². The number of nitrogens with two attached hydrogens (primary N) is 1. The minimum absolute atomic E-state index is 0.266. The van der Waals surface area contributed by atoms with Crippen molar-refractivity contribution in [3.05, 3.63) is 53.6 Å². The van der Waals surface area contributed by atoms with Gasteiger partial charge in [0.05, 0.1) is 6.04 Å². The van der Waals surface area contributed by atoms with Crippen LogP contribution in [0.1, 0.15) is 30.0 Å². The van der Waals surface area contributed by atoms with Crippen LogP contribution in [-0.4, -0.2) is 33.2 Å². The molecule has 2 rings (SSSR count). The van der Waals surface area contributed by atoms with Gasteiger partial charge in [-0.15, -0.1) is 0 Å². The lowest BCUT2D eigenvalue weighted by Crippen LogP contribution is -2.43. The Morgan fingerprint density at radius 3 is 2.64 bits per heavy atom. The number of aromatic nitrogens is 2. The number of pyridine rings is 1. The van der Waals surface area contributed by atoms with E-state index in [2.05, 4.69) is 9.97 Å². The molecule has 2 heterocycles. The molecule has 116 valence electrons. The summed E-state index contributed by atoms with van der Waals surface area (Å²) < 4.78 is 0. The first-order valence-electron chi connectivity index (χ1n) is 7.15. The molecule has 6 heteroatoms. The molecular formula is C16H20N4O2. The highest BCUT2D eigenvalue weighted by atomic mass is 16.2. The molecule has 0 aliphatic rings. The van der Waals surface area contributed by atoms with Gasteiger partial charge >= 0.3 is 11.8 Å². The van der Waals surface area contributed by atoms with Crippen molar-refractivity contribution in [2.45, 2.75) is 26.3 Å². The summed E-state index contributed by atoms with van der Waals surface area (Å²) in [4.78, 5) is 32.3. The summed E-state index contributed by atoms with van der Waals surface area (Å²) in [5, 5.41) is 0. The van der Waals surface area contributed by atoms with Crippen molar-refractivity contribution in [2.24, 2.45) is 5.73 Å². The van der Waals surface area contributed by atoms with E-state index in [1.807, 2.05) is 44.2 Å². The molecule has 0 fully saturated rings. The van der Waals surface area contributed by atoms with Crippen molar-refractivity contribution in [1.29, 1.82) is 0 Å². The van der Waals surface area contributed by atoms with Gasteiger partial charge < -0.3 is 15.6 Å². The zero-order chi connectivity index (χ0) is 16.1. The number of primary amides is 1. The van der Waals surface area contributed by atoms with Crippen molar-refractivity contribution in [3.8, 4) is 0 Å². The number of aromatic amines is 1. The van der Waals surface area contributed by atoms with Crippen LogP contribution in [0.2, 0.25) is 0 Å². The number of nitrogens with one attached hydrogen (secondary N) is 1. The summed E-state index contributed by atoms with van der Waals surface area (Å²) >= 11 is 0. The van der Waals surface area contributed by atoms with E-state index in [1.165, 1.54) is 4.90 Å². The second-order valence-corrected chi connectivity index (χ2v) is 5.21. The number of carbonyl (C=O) groups excluding carboxylic acids is 2. The number of nitrogens with zero attached hydrogens (tertiary/aromatic N) is 2. The Hall–Kier alpha value is -2.63. The number of hydrogen-bond acceptors (Lipinski definition) is 3. The highest BCUT2D eigenvalue weighted by Crippen LogP contribution is 2.20. The fourth-order valence-corrected chi connectivity index (χ4v) is 2.33. The van der Waals surface area contributed by atoms with Gasteiger partial charge in [-0.1, -0.05) is 6.07 Å². The molecule has 2 amide bonds.